The first-order valence-corrected chi connectivity index (χ1v) is 8.23. The Kier molecular flexibility index (Phi) is 3.90. The summed E-state index contributed by atoms with van der Waals surface area (Å²) in [6.07, 6.45) is 4.37. The Morgan fingerprint density at radius 2 is 1.83 bits per heavy atom. The van der Waals surface area contributed by atoms with E-state index < -0.39 is 30.0 Å². The smallest absolute Gasteiger partial charge is 0.310 e. The number of piperazine rings is 1. The third-order valence-electron chi connectivity index (χ3n) is 5.11. The fourth-order valence-electron chi connectivity index (χ4n) is 3.86. The van der Waals surface area contributed by atoms with Crippen molar-refractivity contribution in [3.8, 4) is 0 Å². The van der Waals surface area contributed by atoms with E-state index in [4.69, 9.17) is 9.15 Å². The quantitative estimate of drug-likeness (QED) is 0.812. The third kappa shape index (κ3) is 2.63. The minimum atomic E-state index is -0.957. The average Bonchev–Trinajstić information content (AvgIpc) is 3.31. The van der Waals surface area contributed by atoms with Crippen LogP contribution in [0.5, 0.6) is 0 Å². The van der Waals surface area contributed by atoms with Crippen molar-refractivity contribution in [2.45, 2.75) is 18.8 Å². The van der Waals surface area contributed by atoms with Gasteiger partial charge in [-0.05, 0) is 12.1 Å². The summed E-state index contributed by atoms with van der Waals surface area (Å²) in [6, 6.07) is 3.80. The lowest BCUT2D eigenvalue weighted by molar-refractivity contribution is -0.150. The molecule has 0 unspecified atom stereocenters. The van der Waals surface area contributed by atoms with Gasteiger partial charge in [-0.25, -0.2) is 0 Å². The molecule has 2 fully saturated rings. The third-order valence-corrected chi connectivity index (χ3v) is 5.11. The van der Waals surface area contributed by atoms with E-state index in [0.717, 1.165) is 25.4 Å². The minimum absolute atomic E-state index is 0.100. The van der Waals surface area contributed by atoms with E-state index in [1.165, 1.54) is 0 Å². The number of carboxylic acids is 1. The van der Waals surface area contributed by atoms with E-state index >= 15 is 0 Å². The van der Waals surface area contributed by atoms with Crippen LogP contribution in [-0.2, 0) is 20.9 Å². The molecule has 0 aromatic carbocycles. The number of hydrogen-bond acceptors (Lipinski definition) is 5. The maximum absolute atomic E-state index is 12.8. The number of amides is 1. The number of aliphatic carboxylic acids is 1. The number of furan rings is 1. The molecule has 2 bridgehead atoms. The molecule has 3 aliphatic rings. The van der Waals surface area contributed by atoms with E-state index in [1.54, 1.807) is 17.2 Å². The van der Waals surface area contributed by atoms with Crippen molar-refractivity contribution in [1.29, 1.82) is 0 Å². The van der Waals surface area contributed by atoms with Gasteiger partial charge in [0.25, 0.3) is 0 Å². The van der Waals surface area contributed by atoms with Crippen LogP contribution < -0.4 is 0 Å². The summed E-state index contributed by atoms with van der Waals surface area (Å²) in [4.78, 5) is 28.4. The van der Waals surface area contributed by atoms with Gasteiger partial charge >= 0.3 is 5.97 Å². The summed E-state index contributed by atoms with van der Waals surface area (Å²) in [7, 11) is 0. The Morgan fingerprint density at radius 3 is 2.46 bits per heavy atom. The van der Waals surface area contributed by atoms with E-state index in [1.807, 2.05) is 18.2 Å². The van der Waals surface area contributed by atoms with Crippen LogP contribution in [0.1, 0.15) is 5.76 Å². The van der Waals surface area contributed by atoms with Crippen LogP contribution in [0.2, 0.25) is 0 Å². The normalized spacial score (nSPS) is 32.4. The molecule has 2 saturated heterocycles. The molecule has 4 rings (SSSR count). The molecular weight excluding hydrogens is 312 g/mol. The second-order valence-electron chi connectivity index (χ2n) is 6.52. The summed E-state index contributed by atoms with van der Waals surface area (Å²) in [5.41, 5.74) is 0. The summed E-state index contributed by atoms with van der Waals surface area (Å²) < 4.78 is 11.0. The second kappa shape index (κ2) is 6.07. The number of hydrogen-bond donors (Lipinski definition) is 1. The van der Waals surface area contributed by atoms with Gasteiger partial charge < -0.3 is 19.2 Å². The van der Waals surface area contributed by atoms with Gasteiger partial charge in [0.1, 0.15) is 11.7 Å². The van der Waals surface area contributed by atoms with Crippen LogP contribution >= 0.6 is 0 Å². The molecule has 1 amide bonds. The zero-order valence-electron chi connectivity index (χ0n) is 13.2. The molecule has 128 valence electrons. The van der Waals surface area contributed by atoms with Gasteiger partial charge in [-0.2, -0.15) is 0 Å². The number of carboxylic acid groups (broad SMARTS) is 1. The molecular formula is C17H20N2O5. The number of carbonyl (C=O) groups is 2. The van der Waals surface area contributed by atoms with Crippen molar-refractivity contribution in [2.24, 2.45) is 11.8 Å². The van der Waals surface area contributed by atoms with Gasteiger partial charge in [0.2, 0.25) is 5.91 Å². The van der Waals surface area contributed by atoms with Gasteiger partial charge in [-0.3, -0.25) is 14.5 Å². The first-order valence-electron chi connectivity index (χ1n) is 8.23. The highest BCUT2D eigenvalue weighted by molar-refractivity contribution is 5.87. The maximum Gasteiger partial charge on any atom is 0.310 e. The van der Waals surface area contributed by atoms with Gasteiger partial charge in [0, 0.05) is 26.2 Å². The lowest BCUT2D eigenvalue weighted by atomic mass is 9.82. The van der Waals surface area contributed by atoms with Gasteiger partial charge in [-0.15, -0.1) is 0 Å². The fourth-order valence-corrected chi connectivity index (χ4v) is 3.86. The molecule has 1 N–H and O–H groups in total. The lowest BCUT2D eigenvalue weighted by Crippen LogP contribution is -2.52. The Bertz CT molecular complexity index is 648. The fraction of sp³-hybridized carbons (Fsp3) is 0.529. The van der Waals surface area contributed by atoms with E-state index in [9.17, 15) is 14.7 Å². The highest BCUT2D eigenvalue weighted by Crippen LogP contribution is 2.40. The Morgan fingerprint density at radius 1 is 1.12 bits per heavy atom. The first-order chi connectivity index (χ1) is 11.6. The van der Waals surface area contributed by atoms with Gasteiger partial charge in [-0.1, -0.05) is 12.2 Å². The number of rotatable bonds is 4. The number of carbonyl (C=O) groups excluding carboxylic acids is 1. The minimum Gasteiger partial charge on any atom is -0.481 e. The Hall–Kier alpha value is -2.12. The lowest BCUT2D eigenvalue weighted by Gasteiger charge is -2.36. The highest BCUT2D eigenvalue weighted by atomic mass is 16.5. The zero-order chi connectivity index (χ0) is 16.7. The molecule has 24 heavy (non-hydrogen) atoms. The largest absolute Gasteiger partial charge is 0.481 e. The highest BCUT2D eigenvalue weighted by Gasteiger charge is 2.54. The Balaban J connectivity index is 1.38. The van der Waals surface area contributed by atoms with Crippen molar-refractivity contribution < 1.29 is 23.8 Å². The monoisotopic (exact) mass is 332 g/mol. The molecule has 1 aromatic heterocycles. The molecule has 4 heterocycles. The Labute approximate surface area is 139 Å². The van der Waals surface area contributed by atoms with E-state index in [2.05, 4.69) is 4.90 Å². The zero-order valence-corrected chi connectivity index (χ0v) is 13.2. The average molecular weight is 332 g/mol. The molecule has 3 aliphatic heterocycles. The number of fused-ring (bicyclic) bond motifs is 2. The predicted molar refractivity (Wildman–Crippen MR) is 83.0 cm³/mol. The van der Waals surface area contributed by atoms with E-state index in [-0.39, 0.29) is 5.91 Å². The van der Waals surface area contributed by atoms with Crippen LogP contribution in [0, 0.1) is 11.8 Å². The van der Waals surface area contributed by atoms with Crippen molar-refractivity contribution in [3.05, 3.63) is 36.3 Å². The summed E-state index contributed by atoms with van der Waals surface area (Å²) in [5, 5.41) is 9.44. The predicted octanol–water partition coefficient (Wildman–Crippen LogP) is 0.578. The van der Waals surface area contributed by atoms with Crippen LogP contribution in [0.3, 0.4) is 0 Å². The molecule has 7 nitrogen and oxygen atoms in total. The molecule has 7 heteroatoms. The second-order valence-corrected chi connectivity index (χ2v) is 6.52. The van der Waals surface area contributed by atoms with Crippen LogP contribution in [-0.4, -0.2) is 65.2 Å². The van der Waals surface area contributed by atoms with Gasteiger partial charge in [0.15, 0.2) is 0 Å². The summed E-state index contributed by atoms with van der Waals surface area (Å²) >= 11 is 0. The van der Waals surface area contributed by atoms with Crippen LogP contribution in [0.4, 0.5) is 0 Å². The van der Waals surface area contributed by atoms with Crippen LogP contribution in [0.25, 0.3) is 0 Å². The van der Waals surface area contributed by atoms with Crippen LogP contribution in [0.15, 0.2) is 35.0 Å². The SMILES string of the molecule is O=C(O)[C@H]1[C@H](C(=O)N2CCN(Cc3ccco3)CC2)[C@H]2C=C[C@H]1O2. The van der Waals surface area contributed by atoms with Crippen molar-refractivity contribution in [3.63, 3.8) is 0 Å². The number of nitrogens with zero attached hydrogens (tertiary/aromatic N) is 2. The number of ether oxygens (including phenoxy) is 1. The van der Waals surface area contributed by atoms with E-state index in [0.29, 0.717) is 13.1 Å². The summed E-state index contributed by atoms with van der Waals surface area (Å²) in [6.45, 7) is 3.43. The molecule has 0 aliphatic carbocycles. The first kappa shape index (κ1) is 15.4. The van der Waals surface area contributed by atoms with Crippen molar-refractivity contribution in [1.82, 2.24) is 9.80 Å². The molecule has 0 radical (unpaired) electrons. The molecule has 0 spiro atoms. The van der Waals surface area contributed by atoms with Crippen molar-refractivity contribution in [2.75, 3.05) is 26.2 Å². The van der Waals surface area contributed by atoms with Crippen molar-refractivity contribution >= 4 is 11.9 Å². The topological polar surface area (TPSA) is 83.2 Å². The standard InChI is InChI=1S/C17H20N2O5/c20-16(14-12-3-4-13(24-12)15(14)17(21)22)19-7-5-18(6-8-19)10-11-2-1-9-23-11/h1-4,9,12-15H,5-8,10H2,(H,21,22)/t12-,13-,14-,15-/m1/s1. The molecule has 0 saturated carbocycles. The molecule has 1 aromatic rings. The van der Waals surface area contributed by atoms with Gasteiger partial charge in [0.05, 0.1) is 30.9 Å². The maximum atomic E-state index is 12.8. The summed E-state index contributed by atoms with van der Waals surface area (Å²) in [5.74, 6) is -1.52. The molecule has 4 atom stereocenters.